The molecule has 0 amide bonds. The van der Waals surface area contributed by atoms with Gasteiger partial charge in [0.1, 0.15) is 62.0 Å². The molecule has 2 heterocycles. The van der Waals surface area contributed by atoms with Crippen LogP contribution in [0.2, 0.25) is 0 Å². The minimum Gasteiger partial charge on any atom is -0.463 e. The average molecular weight is 1310 g/mol. The molecule has 6 N–H and O–H groups in total. The lowest BCUT2D eigenvalue weighted by Gasteiger charge is -2.43. The van der Waals surface area contributed by atoms with E-state index in [1.54, 1.807) is 0 Å². The van der Waals surface area contributed by atoms with Crippen molar-refractivity contribution in [3.63, 3.8) is 0 Å². The van der Waals surface area contributed by atoms with Gasteiger partial charge in [0.15, 0.2) is 12.6 Å². The zero-order chi connectivity index (χ0) is 69.4. The number of rotatable bonds is 40. The lowest BCUT2D eigenvalue weighted by molar-refractivity contribution is -0.313. The summed E-state index contributed by atoms with van der Waals surface area (Å²) in [6.07, 6.45) is 39.0. The van der Waals surface area contributed by atoms with Crippen LogP contribution in [-0.2, 0) is 38.0 Å². The van der Waals surface area contributed by atoms with Gasteiger partial charge in [-0.3, -0.25) is 9.59 Å². The zero-order valence-corrected chi connectivity index (χ0v) is 60.5. The van der Waals surface area contributed by atoms with Crippen molar-refractivity contribution in [1.82, 2.24) is 0 Å². The summed E-state index contributed by atoms with van der Waals surface area (Å²) in [4.78, 5) is 25.2. The van der Waals surface area contributed by atoms with Gasteiger partial charge in [0, 0.05) is 12.8 Å². The highest BCUT2D eigenvalue weighted by atomic mass is 16.7. The van der Waals surface area contributed by atoms with Crippen molar-refractivity contribution in [3.05, 3.63) is 130 Å². The Morgan fingerprint density at radius 2 is 0.755 bits per heavy atom. The second kappa shape index (κ2) is 43.2. The minimum atomic E-state index is -1.52. The maximum absolute atomic E-state index is 12.6. The second-order valence-corrected chi connectivity index (χ2v) is 29.8. The van der Waals surface area contributed by atoms with Crippen LogP contribution in [0, 0.1) is 22.7 Å². The fraction of sp³-hybridized carbons (Fsp3) is 0.700. The van der Waals surface area contributed by atoms with Crippen LogP contribution in [0.4, 0.5) is 0 Å². The van der Waals surface area contributed by atoms with Crippen LogP contribution in [0.3, 0.4) is 0 Å². The SMILES string of the molecule is CC1=C(/C=C/C(C)=C/C=C/C(C)=C/C=C/C=C(C)/C=C/C=C(C)/C=C/C2=C(C)C[C@@H](O[C@@H]3O[C@H](COC(=O)CCCCCCCCCC(C)C)[C@@H](O)[C@H](O)[C@H]3O)CC2(C)C)C(C)(C)C[C@H](O[C@@H]2O[C@H](COC(=O)CCCCCCCCCCCC(C)C)[C@@H](O)[C@H](O)[C@H]2O)C1. The summed E-state index contributed by atoms with van der Waals surface area (Å²) >= 11 is 0. The van der Waals surface area contributed by atoms with Gasteiger partial charge < -0.3 is 59.1 Å². The van der Waals surface area contributed by atoms with E-state index in [0.717, 1.165) is 83.8 Å². The van der Waals surface area contributed by atoms with Gasteiger partial charge in [0.05, 0.1) is 12.2 Å². The number of ether oxygens (including phenoxy) is 6. The molecule has 2 saturated heterocycles. The molecule has 2 fully saturated rings. The Hall–Kier alpha value is -4.32. The third-order valence-electron chi connectivity index (χ3n) is 18.8. The molecule has 0 unspecified atom stereocenters. The summed E-state index contributed by atoms with van der Waals surface area (Å²) in [5, 5.41) is 64.9. The highest BCUT2D eigenvalue weighted by Crippen LogP contribution is 2.45. The molecule has 532 valence electrons. The Morgan fingerprint density at radius 1 is 0.447 bits per heavy atom. The first-order valence-corrected chi connectivity index (χ1v) is 36.1. The highest BCUT2D eigenvalue weighted by Gasteiger charge is 2.48. The molecular formula is C80H128O14. The van der Waals surface area contributed by atoms with E-state index in [9.17, 15) is 40.2 Å². The van der Waals surface area contributed by atoms with E-state index in [1.807, 2.05) is 24.3 Å². The monoisotopic (exact) mass is 1310 g/mol. The molecule has 94 heavy (non-hydrogen) atoms. The number of aliphatic hydroxyl groups is 6. The fourth-order valence-corrected chi connectivity index (χ4v) is 13.2. The van der Waals surface area contributed by atoms with Crippen LogP contribution in [0.15, 0.2) is 130 Å². The van der Waals surface area contributed by atoms with Gasteiger partial charge in [0.2, 0.25) is 0 Å². The predicted molar refractivity (Wildman–Crippen MR) is 379 cm³/mol. The Morgan fingerprint density at radius 3 is 1.09 bits per heavy atom. The summed E-state index contributed by atoms with van der Waals surface area (Å²) in [5.41, 5.74) is 8.58. The van der Waals surface area contributed by atoms with E-state index in [4.69, 9.17) is 28.4 Å². The molecule has 0 saturated carbocycles. The normalized spacial score (nSPS) is 27.7. The molecule has 14 heteroatoms. The maximum Gasteiger partial charge on any atom is 0.305 e. The Bertz CT molecular complexity index is 2620. The molecule has 2 aliphatic carbocycles. The maximum atomic E-state index is 12.6. The summed E-state index contributed by atoms with van der Waals surface area (Å²) < 4.78 is 35.6. The quantitative estimate of drug-likeness (QED) is 0.0192. The molecule has 0 aromatic heterocycles. The molecule has 0 aromatic carbocycles. The van der Waals surface area contributed by atoms with Crippen LogP contribution in [0.5, 0.6) is 0 Å². The van der Waals surface area contributed by atoms with E-state index in [0.29, 0.717) is 25.7 Å². The molecule has 0 aromatic rings. The summed E-state index contributed by atoms with van der Waals surface area (Å²) in [5.74, 6) is 0.788. The molecule has 4 aliphatic rings. The first kappa shape index (κ1) is 82.1. The smallest absolute Gasteiger partial charge is 0.305 e. The van der Waals surface area contributed by atoms with Gasteiger partial charge in [-0.05, 0) is 114 Å². The van der Waals surface area contributed by atoms with Gasteiger partial charge in [-0.2, -0.15) is 0 Å². The van der Waals surface area contributed by atoms with E-state index in [2.05, 4.69) is 158 Å². The molecular weight excluding hydrogens is 1180 g/mol. The summed E-state index contributed by atoms with van der Waals surface area (Å²) in [6, 6.07) is 0. The molecule has 14 nitrogen and oxygen atoms in total. The number of aliphatic hydroxyl groups excluding tert-OH is 6. The minimum absolute atomic E-state index is 0.237. The lowest BCUT2D eigenvalue weighted by atomic mass is 9.71. The number of hydrogen-bond donors (Lipinski definition) is 6. The van der Waals surface area contributed by atoms with Gasteiger partial charge >= 0.3 is 11.9 Å². The standard InChI is InChI=1S/C80H128O14/c1-55(2)35-27-23-19-16-15-17-21-25-29-43-69(81)89-53-67-71(83)73(85)75(87)77(93-67)91-63-49-61(9)65(79(11,12)51-63)47-45-59(7)41-33-39-57(5)37-31-32-38-58(6)40-34-42-60(8)46-48-66-62(10)50-64(52-80(66,13)14)92-78-76(88)74(86)72(84)68(94-78)54-90-70(82)44-30-26-22-18-20-24-28-36-56(3)4/h31-34,37-42,45-48,55-56,63-64,67-68,71-78,83-88H,15-30,35-36,43-44,49-54H2,1-14H3/b32-31+,39-33+,40-34+,47-45+,48-46+,57-37+,58-38+,59-41+,60-42+/t63-,64-,67-,68-,71-,72-,73+,74+,75-,76-,77-,78-/m1/s1. The molecule has 0 spiro atoms. The molecule has 4 rings (SSSR count). The van der Waals surface area contributed by atoms with Crippen molar-refractivity contribution >= 4 is 11.9 Å². The Kier molecular flexibility index (Phi) is 37.7. The Balaban J connectivity index is 1.18. The third-order valence-corrected chi connectivity index (χ3v) is 18.8. The summed E-state index contributed by atoms with van der Waals surface area (Å²) in [7, 11) is 0. The highest BCUT2D eigenvalue weighted by molar-refractivity contribution is 5.69. The van der Waals surface area contributed by atoms with E-state index < -0.39 is 61.4 Å². The topological polar surface area (TPSA) is 211 Å². The number of carbonyl (C=O) groups excluding carboxylic acids is 2. The van der Waals surface area contributed by atoms with Crippen LogP contribution in [0.1, 0.15) is 251 Å². The molecule has 0 bridgehead atoms. The largest absolute Gasteiger partial charge is 0.463 e. The third kappa shape index (κ3) is 30.6. The number of allylic oxidation sites excluding steroid dienone is 20. The van der Waals surface area contributed by atoms with Crippen molar-refractivity contribution in [2.75, 3.05) is 13.2 Å². The van der Waals surface area contributed by atoms with E-state index >= 15 is 0 Å². The van der Waals surface area contributed by atoms with Crippen molar-refractivity contribution in [1.29, 1.82) is 0 Å². The number of carbonyl (C=O) groups is 2. The van der Waals surface area contributed by atoms with Gasteiger partial charge in [-0.25, -0.2) is 0 Å². The molecule has 12 atom stereocenters. The number of esters is 2. The van der Waals surface area contributed by atoms with Crippen LogP contribution in [-0.4, -0.2) is 129 Å². The van der Waals surface area contributed by atoms with Crippen LogP contribution >= 0.6 is 0 Å². The van der Waals surface area contributed by atoms with Gasteiger partial charge in [0.25, 0.3) is 0 Å². The van der Waals surface area contributed by atoms with Crippen molar-refractivity contribution in [3.8, 4) is 0 Å². The second-order valence-electron chi connectivity index (χ2n) is 29.8. The van der Waals surface area contributed by atoms with E-state index in [1.165, 1.54) is 88.2 Å². The Labute approximate surface area is 568 Å². The van der Waals surface area contributed by atoms with Crippen LogP contribution < -0.4 is 0 Å². The zero-order valence-electron chi connectivity index (χ0n) is 60.5. The first-order valence-electron chi connectivity index (χ1n) is 36.1. The first-order chi connectivity index (χ1) is 44.6. The van der Waals surface area contributed by atoms with Crippen LogP contribution in [0.25, 0.3) is 0 Å². The fourth-order valence-electron chi connectivity index (χ4n) is 13.2. The molecule has 0 radical (unpaired) electrons. The van der Waals surface area contributed by atoms with Gasteiger partial charge in [-0.1, -0.05) is 277 Å². The number of unbranched alkanes of at least 4 members (excludes halogenated alkanes) is 14. The molecule has 2 aliphatic heterocycles. The summed E-state index contributed by atoms with van der Waals surface area (Å²) in [6.45, 7) is 29.7. The average Bonchev–Trinajstić information content (AvgIpc) is 0.800. The number of hydrogen-bond acceptors (Lipinski definition) is 14. The predicted octanol–water partition coefficient (Wildman–Crippen LogP) is 16.4. The van der Waals surface area contributed by atoms with Crippen molar-refractivity contribution in [2.24, 2.45) is 22.7 Å². The van der Waals surface area contributed by atoms with E-state index in [-0.39, 0.29) is 61.0 Å². The van der Waals surface area contributed by atoms with Crippen molar-refractivity contribution in [2.45, 2.75) is 325 Å². The van der Waals surface area contributed by atoms with Gasteiger partial charge in [-0.15, -0.1) is 0 Å². The van der Waals surface area contributed by atoms with Crippen molar-refractivity contribution < 1.29 is 68.6 Å². The lowest BCUT2D eigenvalue weighted by Crippen LogP contribution is -2.60.